The van der Waals surface area contributed by atoms with Crippen LogP contribution in [0.2, 0.25) is 0 Å². The molecule has 1 fully saturated rings. The lowest BCUT2D eigenvalue weighted by atomic mass is 9.90. The number of nitrogens with zero attached hydrogens (tertiary/aromatic N) is 1. The second-order valence-electron chi connectivity index (χ2n) is 7.12. The summed E-state index contributed by atoms with van der Waals surface area (Å²) >= 11 is 0. The molecule has 2 amide bonds. The Morgan fingerprint density at radius 2 is 1.89 bits per heavy atom. The van der Waals surface area contributed by atoms with E-state index in [1.54, 1.807) is 4.90 Å². The molecule has 0 radical (unpaired) electrons. The number of carbonyl (C=O) groups is 2. The van der Waals surface area contributed by atoms with Gasteiger partial charge in [0.1, 0.15) is 0 Å². The number of amides is 2. The van der Waals surface area contributed by atoms with Gasteiger partial charge in [0.15, 0.2) is 5.60 Å². The Labute approximate surface area is 160 Å². The summed E-state index contributed by atoms with van der Waals surface area (Å²) in [7, 11) is 0. The normalized spacial score (nSPS) is 19.7. The molecule has 0 spiro atoms. The van der Waals surface area contributed by atoms with E-state index >= 15 is 0 Å². The van der Waals surface area contributed by atoms with Crippen molar-refractivity contribution in [2.45, 2.75) is 32.3 Å². The molecule has 5 heteroatoms. The molecule has 142 valence electrons. The summed E-state index contributed by atoms with van der Waals surface area (Å²) in [5.41, 5.74) is 8.95. The largest absolute Gasteiger partial charge is 0.367 e. The van der Waals surface area contributed by atoms with Crippen molar-refractivity contribution in [3.8, 4) is 11.1 Å². The molecular formula is C22H26N2O3. The fraction of sp³-hybridized carbons (Fsp3) is 0.364. The summed E-state index contributed by atoms with van der Waals surface area (Å²) in [6, 6.07) is 16.4. The lowest BCUT2D eigenvalue weighted by Crippen LogP contribution is -2.61. The lowest BCUT2D eigenvalue weighted by molar-refractivity contribution is -0.163. The van der Waals surface area contributed by atoms with Crippen molar-refractivity contribution >= 4 is 11.8 Å². The topological polar surface area (TPSA) is 72.6 Å². The first kappa shape index (κ1) is 19.1. The highest BCUT2D eigenvalue weighted by Crippen LogP contribution is 2.26. The number of hydrogen-bond acceptors (Lipinski definition) is 3. The van der Waals surface area contributed by atoms with Crippen LogP contribution in [0.5, 0.6) is 0 Å². The van der Waals surface area contributed by atoms with Crippen LogP contribution in [-0.4, -0.2) is 42.0 Å². The van der Waals surface area contributed by atoms with E-state index in [1.807, 2.05) is 37.3 Å². The van der Waals surface area contributed by atoms with E-state index in [2.05, 4.69) is 25.1 Å². The molecule has 2 N–H and O–H groups in total. The first-order valence-electron chi connectivity index (χ1n) is 9.31. The minimum absolute atomic E-state index is 0.0127. The van der Waals surface area contributed by atoms with Crippen LogP contribution in [0.1, 0.15) is 24.5 Å². The highest BCUT2D eigenvalue weighted by molar-refractivity contribution is 5.86. The average molecular weight is 366 g/mol. The van der Waals surface area contributed by atoms with Crippen LogP contribution in [0.3, 0.4) is 0 Å². The van der Waals surface area contributed by atoms with Crippen LogP contribution >= 0.6 is 0 Å². The third-order valence-electron chi connectivity index (χ3n) is 5.09. The predicted molar refractivity (Wildman–Crippen MR) is 105 cm³/mol. The number of rotatable bonds is 5. The summed E-state index contributed by atoms with van der Waals surface area (Å²) < 4.78 is 5.82. The van der Waals surface area contributed by atoms with Crippen LogP contribution < -0.4 is 5.73 Å². The summed E-state index contributed by atoms with van der Waals surface area (Å²) in [6.07, 6.45) is 0.754. The van der Waals surface area contributed by atoms with Crippen LogP contribution in [-0.2, 0) is 20.7 Å². The number of aryl methyl sites for hydroxylation is 1. The maximum atomic E-state index is 12.2. The Kier molecular flexibility index (Phi) is 5.61. The van der Waals surface area contributed by atoms with Crippen molar-refractivity contribution in [2.75, 3.05) is 19.7 Å². The van der Waals surface area contributed by atoms with Crippen molar-refractivity contribution in [2.24, 2.45) is 5.73 Å². The predicted octanol–water partition coefficient (Wildman–Crippen LogP) is 2.70. The van der Waals surface area contributed by atoms with Gasteiger partial charge in [-0.05, 0) is 23.6 Å². The van der Waals surface area contributed by atoms with Crippen molar-refractivity contribution < 1.29 is 14.3 Å². The quantitative estimate of drug-likeness (QED) is 0.884. The molecule has 0 aromatic heterocycles. The molecule has 1 saturated heterocycles. The standard InChI is InChI=1S/C22H26N2O3/c1-3-20(25)24-11-12-27-22(15-24,21(23)26)14-17-7-9-18(10-8-17)19-6-4-5-16(2)13-19/h4-10,13H,3,11-12,14-15H2,1-2H3,(H2,23,26). The number of ether oxygens (including phenoxy) is 1. The Hall–Kier alpha value is -2.66. The van der Waals surface area contributed by atoms with Crippen LogP contribution in [0.4, 0.5) is 0 Å². The molecule has 0 bridgehead atoms. The van der Waals surface area contributed by atoms with E-state index in [4.69, 9.17) is 10.5 Å². The zero-order valence-electron chi connectivity index (χ0n) is 15.9. The molecule has 2 aromatic carbocycles. The van der Waals surface area contributed by atoms with Gasteiger partial charge in [-0.1, -0.05) is 61.0 Å². The van der Waals surface area contributed by atoms with Gasteiger partial charge in [-0.2, -0.15) is 0 Å². The van der Waals surface area contributed by atoms with Gasteiger partial charge >= 0.3 is 0 Å². The number of hydrogen-bond donors (Lipinski definition) is 1. The lowest BCUT2D eigenvalue weighted by Gasteiger charge is -2.40. The van der Waals surface area contributed by atoms with E-state index in [-0.39, 0.29) is 12.5 Å². The Bertz CT molecular complexity index is 832. The van der Waals surface area contributed by atoms with Gasteiger partial charge in [0.25, 0.3) is 5.91 Å². The Morgan fingerprint density at radius 3 is 2.52 bits per heavy atom. The molecule has 1 unspecified atom stereocenters. The van der Waals surface area contributed by atoms with Gasteiger partial charge < -0.3 is 15.4 Å². The monoisotopic (exact) mass is 366 g/mol. The van der Waals surface area contributed by atoms with Gasteiger partial charge in [-0.3, -0.25) is 9.59 Å². The zero-order chi connectivity index (χ0) is 19.4. The maximum Gasteiger partial charge on any atom is 0.251 e. The number of carbonyl (C=O) groups excluding carboxylic acids is 2. The van der Waals surface area contributed by atoms with Crippen molar-refractivity contribution in [1.82, 2.24) is 4.90 Å². The highest BCUT2D eigenvalue weighted by Gasteiger charge is 2.43. The molecule has 3 rings (SSSR count). The fourth-order valence-electron chi connectivity index (χ4n) is 3.53. The molecule has 27 heavy (non-hydrogen) atoms. The van der Waals surface area contributed by atoms with E-state index in [0.717, 1.165) is 16.7 Å². The highest BCUT2D eigenvalue weighted by atomic mass is 16.5. The minimum Gasteiger partial charge on any atom is -0.367 e. The Morgan fingerprint density at radius 1 is 1.15 bits per heavy atom. The fourth-order valence-corrected chi connectivity index (χ4v) is 3.53. The first-order chi connectivity index (χ1) is 12.9. The summed E-state index contributed by atoms with van der Waals surface area (Å²) in [5, 5.41) is 0. The Balaban J connectivity index is 1.81. The van der Waals surface area contributed by atoms with Crippen molar-refractivity contribution in [3.63, 3.8) is 0 Å². The molecule has 1 aliphatic heterocycles. The van der Waals surface area contributed by atoms with E-state index in [9.17, 15) is 9.59 Å². The number of primary amides is 1. The molecule has 1 atom stereocenters. The molecular weight excluding hydrogens is 340 g/mol. The van der Waals surface area contributed by atoms with Gasteiger partial charge in [0, 0.05) is 19.4 Å². The van der Waals surface area contributed by atoms with E-state index in [0.29, 0.717) is 26.0 Å². The number of morpholine rings is 1. The smallest absolute Gasteiger partial charge is 0.251 e. The van der Waals surface area contributed by atoms with Gasteiger partial charge in [-0.15, -0.1) is 0 Å². The summed E-state index contributed by atoms with van der Waals surface area (Å²) in [4.78, 5) is 26.0. The maximum absolute atomic E-state index is 12.2. The summed E-state index contributed by atoms with van der Waals surface area (Å²) in [5.74, 6) is -0.516. The van der Waals surface area contributed by atoms with Crippen molar-refractivity contribution in [3.05, 3.63) is 59.7 Å². The third kappa shape index (κ3) is 4.19. The van der Waals surface area contributed by atoms with E-state index < -0.39 is 11.5 Å². The van der Waals surface area contributed by atoms with Crippen molar-refractivity contribution in [1.29, 1.82) is 0 Å². The number of benzene rings is 2. The molecule has 0 saturated carbocycles. The molecule has 1 heterocycles. The molecule has 0 aliphatic carbocycles. The third-order valence-corrected chi connectivity index (χ3v) is 5.09. The summed E-state index contributed by atoms with van der Waals surface area (Å²) in [6.45, 7) is 4.89. The minimum atomic E-state index is -1.17. The first-order valence-corrected chi connectivity index (χ1v) is 9.31. The molecule has 5 nitrogen and oxygen atoms in total. The van der Waals surface area contributed by atoms with Gasteiger partial charge in [-0.25, -0.2) is 0 Å². The second kappa shape index (κ2) is 7.92. The van der Waals surface area contributed by atoms with Crippen LogP contribution in [0.15, 0.2) is 48.5 Å². The molecule has 2 aromatic rings. The van der Waals surface area contributed by atoms with Gasteiger partial charge in [0.2, 0.25) is 5.91 Å². The average Bonchev–Trinajstić information content (AvgIpc) is 2.68. The molecule has 1 aliphatic rings. The van der Waals surface area contributed by atoms with E-state index in [1.165, 1.54) is 5.56 Å². The SMILES string of the molecule is CCC(=O)N1CCOC(Cc2ccc(-c3cccc(C)c3)cc2)(C(N)=O)C1. The number of nitrogens with two attached hydrogens (primary N) is 1. The van der Waals surface area contributed by atoms with Gasteiger partial charge in [0.05, 0.1) is 13.2 Å². The second-order valence-corrected chi connectivity index (χ2v) is 7.12. The van der Waals surface area contributed by atoms with Crippen LogP contribution in [0.25, 0.3) is 11.1 Å². The van der Waals surface area contributed by atoms with Crippen LogP contribution in [0, 0.1) is 6.92 Å². The zero-order valence-corrected chi connectivity index (χ0v) is 15.9.